The first-order chi connectivity index (χ1) is 12.6. The molecule has 0 aliphatic rings. The number of aromatic nitrogens is 4. The summed E-state index contributed by atoms with van der Waals surface area (Å²) in [7, 11) is 0. The van der Waals surface area contributed by atoms with Crippen LogP contribution >= 0.6 is 12.2 Å². The van der Waals surface area contributed by atoms with Crippen LogP contribution in [0.1, 0.15) is 16.1 Å². The molecule has 2 aromatic carbocycles. The molecule has 26 heavy (non-hydrogen) atoms. The third kappa shape index (κ3) is 2.89. The lowest BCUT2D eigenvalue weighted by molar-refractivity contribution is 0.0687. The van der Waals surface area contributed by atoms with Crippen LogP contribution in [-0.2, 0) is 6.54 Å². The highest BCUT2D eigenvalue weighted by molar-refractivity contribution is 7.71. The van der Waals surface area contributed by atoms with Gasteiger partial charge in [0.1, 0.15) is 0 Å². The van der Waals surface area contributed by atoms with Crippen molar-refractivity contribution in [2.75, 3.05) is 0 Å². The predicted molar refractivity (Wildman–Crippen MR) is 100 cm³/mol. The van der Waals surface area contributed by atoms with Crippen LogP contribution < -0.4 is 0 Å². The minimum atomic E-state index is -1.12. The summed E-state index contributed by atoms with van der Waals surface area (Å²) in [5.74, 6) is -1.12. The number of rotatable bonds is 4. The van der Waals surface area contributed by atoms with Gasteiger partial charge >= 0.3 is 5.97 Å². The average molecular weight is 362 g/mol. The summed E-state index contributed by atoms with van der Waals surface area (Å²) in [6, 6.07) is 17.2. The number of carboxylic acids is 1. The number of carboxylic acid groups (broad SMARTS) is 1. The zero-order chi connectivity index (χ0) is 18.1. The number of hydrogen-bond donors (Lipinski definition) is 1. The molecule has 7 heteroatoms. The first-order valence-electron chi connectivity index (χ1n) is 7.95. The lowest BCUT2D eigenvalue weighted by Crippen LogP contribution is -2.13. The van der Waals surface area contributed by atoms with Crippen molar-refractivity contribution in [1.82, 2.24) is 19.6 Å². The van der Waals surface area contributed by atoms with Crippen LogP contribution in [0.5, 0.6) is 0 Å². The quantitative estimate of drug-likeness (QED) is 0.561. The van der Waals surface area contributed by atoms with Gasteiger partial charge in [0.15, 0.2) is 5.69 Å². The Bertz CT molecular complexity index is 1150. The molecule has 4 aromatic rings. The lowest BCUT2D eigenvalue weighted by Gasteiger charge is -2.12. The Balaban J connectivity index is 1.76. The Hall–Kier alpha value is -3.32. The van der Waals surface area contributed by atoms with Gasteiger partial charge in [0, 0.05) is 17.8 Å². The predicted octanol–water partition coefficient (Wildman–Crippen LogP) is 3.70. The maximum absolute atomic E-state index is 11.5. The molecular formula is C19H14N4O2S. The van der Waals surface area contributed by atoms with Crippen molar-refractivity contribution >= 4 is 29.1 Å². The van der Waals surface area contributed by atoms with Gasteiger partial charge in [0.2, 0.25) is 0 Å². The van der Waals surface area contributed by atoms with Gasteiger partial charge in [-0.25, -0.2) is 9.48 Å². The third-order valence-electron chi connectivity index (χ3n) is 4.10. The van der Waals surface area contributed by atoms with E-state index in [1.807, 2.05) is 60.8 Å². The molecule has 0 aliphatic carbocycles. The highest BCUT2D eigenvalue weighted by Gasteiger charge is 2.13. The van der Waals surface area contributed by atoms with E-state index in [0.29, 0.717) is 11.9 Å². The summed E-state index contributed by atoms with van der Waals surface area (Å²) < 4.78 is 3.72. The molecule has 0 fully saturated rings. The zero-order valence-electron chi connectivity index (χ0n) is 13.6. The average Bonchev–Trinajstić information content (AvgIpc) is 3.19. The molecule has 0 radical (unpaired) electrons. The summed E-state index contributed by atoms with van der Waals surface area (Å²) in [4.78, 5) is 11.5. The molecule has 6 nitrogen and oxygen atoms in total. The normalized spacial score (nSPS) is 10.9. The second-order valence-corrected chi connectivity index (χ2v) is 6.18. The van der Waals surface area contributed by atoms with Gasteiger partial charge in [-0.3, -0.25) is 4.68 Å². The number of fused-ring (bicyclic) bond motifs is 1. The zero-order valence-corrected chi connectivity index (χ0v) is 14.4. The molecule has 4 rings (SSSR count). The Morgan fingerprint density at radius 3 is 2.54 bits per heavy atom. The fourth-order valence-corrected chi connectivity index (χ4v) is 3.15. The summed E-state index contributed by atoms with van der Waals surface area (Å²) >= 11 is 5.29. The molecule has 0 saturated heterocycles. The maximum atomic E-state index is 11.5. The van der Waals surface area contributed by atoms with Gasteiger partial charge in [-0.15, -0.1) is 0 Å². The van der Waals surface area contributed by atoms with Crippen molar-refractivity contribution < 1.29 is 9.90 Å². The minimum Gasteiger partial charge on any atom is -0.476 e. The fraction of sp³-hybridized carbons (Fsp3) is 0.0526. The van der Waals surface area contributed by atoms with Crippen molar-refractivity contribution in [2.24, 2.45) is 0 Å². The van der Waals surface area contributed by atoms with Crippen molar-refractivity contribution in [2.45, 2.75) is 6.54 Å². The second kappa shape index (κ2) is 6.53. The lowest BCUT2D eigenvalue weighted by atomic mass is 10.1. The molecule has 0 atom stereocenters. The van der Waals surface area contributed by atoms with Crippen LogP contribution in [0, 0.1) is 4.51 Å². The first kappa shape index (κ1) is 16.2. The van der Waals surface area contributed by atoms with Gasteiger partial charge in [0.05, 0.1) is 22.3 Å². The van der Waals surface area contributed by atoms with Gasteiger partial charge in [-0.2, -0.15) is 10.2 Å². The Morgan fingerprint density at radius 2 is 1.85 bits per heavy atom. The standard InChI is InChI=1S/C19H14N4O2S/c24-19(25)17-18(26)15-4-1-2-5-16(15)23(21-17)12-13-6-8-14(9-7-13)22-11-3-10-20-22/h1-11H,12H2,(H,24,25). The molecule has 0 unspecified atom stereocenters. The van der Waals surface area contributed by atoms with Crippen LogP contribution in [-0.4, -0.2) is 30.6 Å². The van der Waals surface area contributed by atoms with E-state index in [-0.39, 0.29) is 10.2 Å². The van der Waals surface area contributed by atoms with E-state index in [4.69, 9.17) is 12.2 Å². The van der Waals surface area contributed by atoms with Gasteiger partial charge in [0.25, 0.3) is 0 Å². The Morgan fingerprint density at radius 1 is 1.08 bits per heavy atom. The molecule has 2 heterocycles. The largest absolute Gasteiger partial charge is 0.476 e. The number of benzene rings is 2. The highest BCUT2D eigenvalue weighted by atomic mass is 32.1. The smallest absolute Gasteiger partial charge is 0.357 e. The second-order valence-electron chi connectivity index (χ2n) is 5.77. The van der Waals surface area contributed by atoms with Crippen LogP contribution in [0.4, 0.5) is 0 Å². The van der Waals surface area contributed by atoms with E-state index in [0.717, 1.165) is 16.8 Å². The Kier molecular flexibility index (Phi) is 4.06. The topological polar surface area (TPSA) is 72.9 Å². The van der Waals surface area contributed by atoms with E-state index in [1.165, 1.54) is 0 Å². The van der Waals surface area contributed by atoms with E-state index < -0.39 is 5.97 Å². The van der Waals surface area contributed by atoms with E-state index in [9.17, 15) is 9.90 Å². The molecular weight excluding hydrogens is 348 g/mol. The molecule has 1 N–H and O–H groups in total. The van der Waals surface area contributed by atoms with Crippen molar-refractivity contribution in [1.29, 1.82) is 0 Å². The molecule has 0 spiro atoms. The van der Waals surface area contributed by atoms with Crippen LogP contribution in [0.25, 0.3) is 16.6 Å². The summed E-state index contributed by atoms with van der Waals surface area (Å²) in [5.41, 5.74) is 2.65. The van der Waals surface area contributed by atoms with Gasteiger partial charge in [-0.05, 0) is 29.8 Å². The summed E-state index contributed by atoms with van der Waals surface area (Å²) in [6.07, 6.45) is 3.60. The highest BCUT2D eigenvalue weighted by Crippen LogP contribution is 2.19. The van der Waals surface area contributed by atoms with E-state index in [2.05, 4.69) is 10.2 Å². The fourth-order valence-electron chi connectivity index (χ4n) is 2.85. The number of carbonyl (C=O) groups is 1. The Labute approximate surface area is 153 Å². The number of para-hydroxylation sites is 1. The molecule has 0 saturated carbocycles. The third-order valence-corrected chi connectivity index (χ3v) is 4.52. The van der Waals surface area contributed by atoms with Crippen LogP contribution in [0.2, 0.25) is 0 Å². The molecule has 0 aliphatic heterocycles. The van der Waals surface area contributed by atoms with Crippen molar-refractivity contribution in [3.05, 3.63) is 82.8 Å². The molecule has 2 aromatic heterocycles. The van der Waals surface area contributed by atoms with Gasteiger partial charge < -0.3 is 5.11 Å². The SMILES string of the molecule is O=C(O)c1nn(Cc2ccc(-n3cccn3)cc2)c2ccccc2c1=S. The summed E-state index contributed by atoms with van der Waals surface area (Å²) in [5, 5.41) is 18.6. The maximum Gasteiger partial charge on any atom is 0.357 e. The van der Waals surface area contributed by atoms with E-state index in [1.54, 1.807) is 15.6 Å². The van der Waals surface area contributed by atoms with Crippen LogP contribution in [0.15, 0.2) is 67.0 Å². The monoisotopic (exact) mass is 362 g/mol. The number of aromatic carboxylic acids is 1. The molecule has 0 amide bonds. The number of hydrogen-bond acceptors (Lipinski definition) is 4. The van der Waals surface area contributed by atoms with Crippen LogP contribution in [0.3, 0.4) is 0 Å². The van der Waals surface area contributed by atoms with Gasteiger partial charge in [-0.1, -0.05) is 42.5 Å². The number of nitrogens with zero attached hydrogens (tertiary/aromatic N) is 4. The van der Waals surface area contributed by atoms with Crippen molar-refractivity contribution in [3.63, 3.8) is 0 Å². The summed E-state index contributed by atoms with van der Waals surface area (Å²) in [6.45, 7) is 0.440. The first-order valence-corrected chi connectivity index (χ1v) is 8.36. The van der Waals surface area contributed by atoms with E-state index >= 15 is 0 Å². The molecule has 0 bridgehead atoms. The molecule has 128 valence electrons. The van der Waals surface area contributed by atoms with Crippen molar-refractivity contribution in [3.8, 4) is 5.69 Å². The minimum absolute atomic E-state index is 0.105.